The van der Waals surface area contributed by atoms with Gasteiger partial charge >= 0.3 is 5.97 Å². The second-order valence-corrected chi connectivity index (χ2v) is 5.62. The van der Waals surface area contributed by atoms with Crippen LogP contribution in [0.5, 0.6) is 5.75 Å². The zero-order valence-corrected chi connectivity index (χ0v) is 14.3. The molecular formula is C19H20FNO4. The third kappa shape index (κ3) is 5.31. The lowest BCUT2D eigenvalue weighted by molar-refractivity contribution is -0.152. The molecule has 0 radical (unpaired) electrons. The summed E-state index contributed by atoms with van der Waals surface area (Å²) in [6, 6.07) is 11.0. The van der Waals surface area contributed by atoms with Crippen LogP contribution in [0.3, 0.4) is 0 Å². The number of aryl methyl sites for hydroxylation is 1. The van der Waals surface area contributed by atoms with Gasteiger partial charge in [-0.2, -0.15) is 0 Å². The molecule has 0 saturated heterocycles. The number of esters is 1. The Kier molecular flexibility index (Phi) is 6.11. The normalized spacial score (nSPS) is 11.5. The van der Waals surface area contributed by atoms with E-state index in [2.05, 4.69) is 5.32 Å². The van der Waals surface area contributed by atoms with E-state index in [1.165, 1.54) is 32.2 Å². The van der Waals surface area contributed by atoms with Gasteiger partial charge in [-0.05, 0) is 38.1 Å². The number of hydrogen-bond acceptors (Lipinski definition) is 4. The first-order chi connectivity index (χ1) is 11.9. The van der Waals surface area contributed by atoms with Gasteiger partial charge in [-0.15, -0.1) is 0 Å². The molecule has 2 aromatic rings. The van der Waals surface area contributed by atoms with E-state index >= 15 is 0 Å². The average molecular weight is 345 g/mol. The molecule has 5 nitrogen and oxygen atoms in total. The minimum atomic E-state index is -1.01. The molecule has 0 aliphatic rings. The van der Waals surface area contributed by atoms with Gasteiger partial charge in [0.25, 0.3) is 5.91 Å². The van der Waals surface area contributed by atoms with Crippen LogP contribution in [0.4, 0.5) is 10.1 Å². The molecule has 1 amide bonds. The van der Waals surface area contributed by atoms with Crippen molar-refractivity contribution in [3.63, 3.8) is 0 Å². The molecule has 1 atom stereocenters. The number of hydrogen-bond donors (Lipinski definition) is 1. The summed E-state index contributed by atoms with van der Waals surface area (Å²) in [5.41, 5.74) is 1.97. The predicted octanol–water partition coefficient (Wildman–Crippen LogP) is 3.26. The molecule has 2 aromatic carbocycles. The summed E-state index contributed by atoms with van der Waals surface area (Å²) in [4.78, 5) is 24.1. The van der Waals surface area contributed by atoms with Gasteiger partial charge in [0, 0.05) is 11.3 Å². The molecule has 0 unspecified atom stereocenters. The van der Waals surface area contributed by atoms with Crippen LogP contribution in [-0.4, -0.2) is 25.1 Å². The van der Waals surface area contributed by atoms with Crippen molar-refractivity contribution in [2.24, 2.45) is 0 Å². The molecule has 0 fully saturated rings. The topological polar surface area (TPSA) is 64.6 Å². The molecule has 25 heavy (non-hydrogen) atoms. The van der Waals surface area contributed by atoms with Gasteiger partial charge in [-0.1, -0.05) is 23.8 Å². The SMILES string of the molecule is COc1ccc(C)cc1CC(=O)O[C@@H](C)C(=O)Nc1cccc(F)c1. The number of ether oxygens (including phenoxy) is 2. The van der Waals surface area contributed by atoms with Crippen LogP contribution < -0.4 is 10.1 Å². The van der Waals surface area contributed by atoms with Crippen molar-refractivity contribution >= 4 is 17.6 Å². The summed E-state index contributed by atoms with van der Waals surface area (Å²) in [5.74, 6) is -0.964. The van der Waals surface area contributed by atoms with Gasteiger partial charge in [0.15, 0.2) is 6.10 Å². The highest BCUT2D eigenvalue weighted by Gasteiger charge is 2.19. The van der Waals surface area contributed by atoms with Gasteiger partial charge in [0.05, 0.1) is 13.5 Å². The minimum Gasteiger partial charge on any atom is -0.496 e. The fourth-order valence-electron chi connectivity index (χ4n) is 2.30. The van der Waals surface area contributed by atoms with E-state index in [0.29, 0.717) is 17.0 Å². The lowest BCUT2D eigenvalue weighted by Crippen LogP contribution is -2.30. The van der Waals surface area contributed by atoms with Crippen molar-refractivity contribution in [3.05, 3.63) is 59.4 Å². The molecule has 132 valence electrons. The summed E-state index contributed by atoms with van der Waals surface area (Å²) >= 11 is 0. The fourth-order valence-corrected chi connectivity index (χ4v) is 2.30. The largest absolute Gasteiger partial charge is 0.496 e. The van der Waals surface area contributed by atoms with E-state index < -0.39 is 23.8 Å². The fraction of sp³-hybridized carbons (Fsp3) is 0.263. The van der Waals surface area contributed by atoms with Gasteiger partial charge in [-0.3, -0.25) is 9.59 Å². The Morgan fingerprint density at radius 1 is 1.20 bits per heavy atom. The highest BCUT2D eigenvalue weighted by Crippen LogP contribution is 2.20. The van der Waals surface area contributed by atoms with E-state index in [1.807, 2.05) is 19.1 Å². The Morgan fingerprint density at radius 2 is 1.96 bits per heavy atom. The monoisotopic (exact) mass is 345 g/mol. The molecule has 0 aromatic heterocycles. The van der Waals surface area contributed by atoms with Crippen LogP contribution >= 0.6 is 0 Å². The Labute approximate surface area is 145 Å². The first-order valence-electron chi connectivity index (χ1n) is 7.78. The minimum absolute atomic E-state index is 0.0115. The summed E-state index contributed by atoms with van der Waals surface area (Å²) in [5, 5.41) is 2.50. The Hall–Kier alpha value is -2.89. The molecule has 0 aliphatic carbocycles. The molecule has 0 spiro atoms. The Morgan fingerprint density at radius 3 is 2.64 bits per heavy atom. The number of nitrogens with one attached hydrogen (secondary N) is 1. The molecule has 0 heterocycles. The lowest BCUT2D eigenvalue weighted by Gasteiger charge is -2.14. The van der Waals surface area contributed by atoms with Crippen molar-refractivity contribution in [1.82, 2.24) is 0 Å². The van der Waals surface area contributed by atoms with E-state index in [1.54, 1.807) is 12.1 Å². The maximum atomic E-state index is 13.1. The summed E-state index contributed by atoms with van der Waals surface area (Å²) < 4.78 is 23.5. The molecule has 2 rings (SSSR count). The molecule has 0 bridgehead atoms. The first-order valence-corrected chi connectivity index (χ1v) is 7.78. The summed E-state index contributed by atoms with van der Waals surface area (Å²) in [6.45, 7) is 3.36. The Bertz CT molecular complexity index is 776. The van der Waals surface area contributed by atoms with Crippen LogP contribution in [0.15, 0.2) is 42.5 Å². The molecule has 0 aliphatic heterocycles. The van der Waals surface area contributed by atoms with Crippen molar-refractivity contribution in [3.8, 4) is 5.75 Å². The second-order valence-electron chi connectivity index (χ2n) is 5.62. The highest BCUT2D eigenvalue weighted by molar-refractivity contribution is 5.95. The third-order valence-corrected chi connectivity index (χ3v) is 3.54. The summed E-state index contributed by atoms with van der Waals surface area (Å²) in [7, 11) is 1.52. The van der Waals surface area contributed by atoms with Crippen molar-refractivity contribution < 1.29 is 23.5 Å². The zero-order valence-electron chi connectivity index (χ0n) is 14.3. The van der Waals surface area contributed by atoms with Gasteiger partial charge in [0.2, 0.25) is 0 Å². The van der Waals surface area contributed by atoms with Crippen LogP contribution in [-0.2, 0) is 20.7 Å². The van der Waals surface area contributed by atoms with Gasteiger partial charge in [-0.25, -0.2) is 4.39 Å². The van der Waals surface area contributed by atoms with Crippen LogP contribution in [0.1, 0.15) is 18.1 Å². The van der Waals surface area contributed by atoms with Gasteiger partial charge < -0.3 is 14.8 Å². The predicted molar refractivity (Wildman–Crippen MR) is 92.0 cm³/mol. The molecule has 6 heteroatoms. The van der Waals surface area contributed by atoms with Gasteiger partial charge in [0.1, 0.15) is 11.6 Å². The van der Waals surface area contributed by atoms with E-state index in [-0.39, 0.29) is 6.42 Å². The van der Waals surface area contributed by atoms with E-state index in [9.17, 15) is 14.0 Å². The number of amides is 1. The number of methoxy groups -OCH3 is 1. The number of benzene rings is 2. The quantitative estimate of drug-likeness (QED) is 0.816. The molecular weight excluding hydrogens is 325 g/mol. The maximum Gasteiger partial charge on any atom is 0.311 e. The second kappa shape index (κ2) is 8.28. The number of anilines is 1. The lowest BCUT2D eigenvalue weighted by atomic mass is 10.1. The van der Waals surface area contributed by atoms with Crippen molar-refractivity contribution in [2.45, 2.75) is 26.4 Å². The third-order valence-electron chi connectivity index (χ3n) is 3.54. The first kappa shape index (κ1) is 18.4. The highest BCUT2D eigenvalue weighted by atomic mass is 19.1. The number of carbonyl (C=O) groups is 2. The number of carbonyl (C=O) groups excluding carboxylic acids is 2. The van der Waals surface area contributed by atoms with Crippen molar-refractivity contribution in [2.75, 3.05) is 12.4 Å². The smallest absolute Gasteiger partial charge is 0.311 e. The average Bonchev–Trinajstić information content (AvgIpc) is 2.55. The van der Waals surface area contributed by atoms with Crippen molar-refractivity contribution in [1.29, 1.82) is 0 Å². The van der Waals surface area contributed by atoms with Crippen LogP contribution in [0.2, 0.25) is 0 Å². The zero-order chi connectivity index (χ0) is 18.4. The Balaban J connectivity index is 1.95. The van der Waals surface area contributed by atoms with Crippen LogP contribution in [0, 0.1) is 12.7 Å². The van der Waals surface area contributed by atoms with E-state index in [0.717, 1.165) is 5.56 Å². The number of halogens is 1. The standard InChI is InChI=1S/C19H20FNO4/c1-12-7-8-17(24-3)14(9-12)10-18(22)25-13(2)19(23)21-16-6-4-5-15(20)11-16/h4-9,11,13H,10H2,1-3H3,(H,21,23)/t13-/m0/s1. The molecule has 0 saturated carbocycles. The maximum absolute atomic E-state index is 13.1. The summed E-state index contributed by atoms with van der Waals surface area (Å²) in [6.07, 6.45) is -1.02. The van der Waals surface area contributed by atoms with Crippen LogP contribution in [0.25, 0.3) is 0 Å². The number of rotatable bonds is 6. The van der Waals surface area contributed by atoms with E-state index in [4.69, 9.17) is 9.47 Å². The molecule has 1 N–H and O–H groups in total.